The number of thiophene rings is 1. The summed E-state index contributed by atoms with van der Waals surface area (Å²) >= 11 is 1.46. The van der Waals surface area contributed by atoms with Crippen molar-refractivity contribution in [1.82, 2.24) is 10.3 Å². The molecule has 4 unspecified atom stereocenters. The quantitative estimate of drug-likeness (QED) is 0.583. The van der Waals surface area contributed by atoms with Crippen molar-refractivity contribution in [3.63, 3.8) is 0 Å². The molecule has 2 heterocycles. The Hall–Kier alpha value is -3.00. The number of hydrogen-bond donors (Lipinski definition) is 3. The Morgan fingerprint density at radius 2 is 1.91 bits per heavy atom. The SMILES string of the molecule is O=C(NCc1cccnc1)c1c(NC(=O)C2C3C=CC(C3)C2C(=O)O)sc2c1CCCC2. The van der Waals surface area contributed by atoms with E-state index in [1.807, 2.05) is 24.3 Å². The van der Waals surface area contributed by atoms with Crippen LogP contribution in [-0.2, 0) is 29.0 Å². The maximum absolute atomic E-state index is 13.2. The van der Waals surface area contributed by atoms with E-state index < -0.39 is 17.8 Å². The molecule has 0 spiro atoms. The number of aryl methyl sites for hydroxylation is 1. The Bertz CT molecular complexity index is 1090. The van der Waals surface area contributed by atoms with E-state index in [9.17, 15) is 19.5 Å². The Kier molecular flexibility index (Phi) is 5.55. The van der Waals surface area contributed by atoms with Gasteiger partial charge in [0.05, 0.1) is 17.4 Å². The smallest absolute Gasteiger partial charge is 0.307 e. The molecule has 2 amide bonds. The van der Waals surface area contributed by atoms with Crippen LogP contribution in [0, 0.1) is 23.7 Å². The third kappa shape index (κ3) is 3.72. The molecule has 0 aliphatic heterocycles. The van der Waals surface area contributed by atoms with E-state index in [2.05, 4.69) is 15.6 Å². The molecule has 166 valence electrons. The molecule has 4 atom stereocenters. The van der Waals surface area contributed by atoms with Gasteiger partial charge >= 0.3 is 5.97 Å². The predicted molar refractivity (Wildman–Crippen MR) is 120 cm³/mol. The maximum Gasteiger partial charge on any atom is 0.307 e. The van der Waals surface area contributed by atoms with Gasteiger partial charge in [-0.2, -0.15) is 0 Å². The van der Waals surface area contributed by atoms with Gasteiger partial charge < -0.3 is 15.7 Å². The molecule has 1 saturated carbocycles. The van der Waals surface area contributed by atoms with Gasteiger partial charge in [0, 0.05) is 23.8 Å². The van der Waals surface area contributed by atoms with Crippen LogP contribution in [0.3, 0.4) is 0 Å². The van der Waals surface area contributed by atoms with Gasteiger partial charge in [-0.1, -0.05) is 18.2 Å². The van der Waals surface area contributed by atoms with Crippen molar-refractivity contribution in [1.29, 1.82) is 0 Å². The summed E-state index contributed by atoms with van der Waals surface area (Å²) in [6.45, 7) is 0.350. The van der Waals surface area contributed by atoms with Crippen molar-refractivity contribution in [3.05, 3.63) is 58.2 Å². The van der Waals surface area contributed by atoms with Crippen molar-refractivity contribution in [3.8, 4) is 0 Å². The number of amides is 2. The number of aliphatic carboxylic acids is 1. The molecule has 3 aliphatic rings. The van der Waals surface area contributed by atoms with Crippen LogP contribution < -0.4 is 10.6 Å². The molecule has 0 saturated heterocycles. The van der Waals surface area contributed by atoms with Gasteiger partial charge in [0.2, 0.25) is 5.91 Å². The highest BCUT2D eigenvalue weighted by atomic mass is 32.1. The average Bonchev–Trinajstić information content (AvgIpc) is 3.50. The number of carbonyl (C=O) groups is 3. The van der Waals surface area contributed by atoms with E-state index in [0.717, 1.165) is 41.7 Å². The summed E-state index contributed by atoms with van der Waals surface area (Å²) in [7, 11) is 0. The molecule has 32 heavy (non-hydrogen) atoms. The highest BCUT2D eigenvalue weighted by Gasteiger charge is 2.51. The lowest BCUT2D eigenvalue weighted by atomic mass is 9.82. The number of hydrogen-bond acceptors (Lipinski definition) is 5. The lowest BCUT2D eigenvalue weighted by Crippen LogP contribution is -2.36. The first-order valence-electron chi connectivity index (χ1n) is 11.1. The molecule has 2 aromatic rings. The largest absolute Gasteiger partial charge is 0.481 e. The Morgan fingerprint density at radius 1 is 1.12 bits per heavy atom. The van der Waals surface area contributed by atoms with Crippen molar-refractivity contribution in [2.24, 2.45) is 23.7 Å². The number of carboxylic acids is 1. The third-order valence-corrected chi connectivity index (χ3v) is 8.07. The number of nitrogens with zero attached hydrogens (tertiary/aromatic N) is 1. The number of nitrogens with one attached hydrogen (secondary N) is 2. The molecule has 0 aromatic carbocycles. The fourth-order valence-electron chi connectivity index (χ4n) is 5.38. The maximum atomic E-state index is 13.2. The van der Waals surface area contributed by atoms with Gasteiger partial charge in [-0.15, -0.1) is 11.3 Å². The van der Waals surface area contributed by atoms with Gasteiger partial charge in [0.25, 0.3) is 5.91 Å². The lowest BCUT2D eigenvalue weighted by Gasteiger charge is -2.23. The zero-order valence-electron chi connectivity index (χ0n) is 17.5. The molecular weight excluding hydrogens is 426 g/mol. The molecule has 2 bridgehead atoms. The number of allylic oxidation sites excluding steroid dienone is 2. The normalized spacial score (nSPS) is 25.4. The Labute approximate surface area is 189 Å². The van der Waals surface area contributed by atoms with Crippen molar-refractivity contribution >= 4 is 34.1 Å². The lowest BCUT2D eigenvalue weighted by molar-refractivity contribution is -0.146. The van der Waals surface area contributed by atoms with E-state index in [4.69, 9.17) is 0 Å². The van der Waals surface area contributed by atoms with Gasteiger partial charge in [-0.3, -0.25) is 19.4 Å². The molecule has 3 N–H and O–H groups in total. The van der Waals surface area contributed by atoms with E-state index in [1.54, 1.807) is 12.4 Å². The fraction of sp³-hybridized carbons (Fsp3) is 0.417. The summed E-state index contributed by atoms with van der Waals surface area (Å²) in [5, 5.41) is 16.2. The van der Waals surface area contributed by atoms with Gasteiger partial charge in [-0.25, -0.2) is 0 Å². The number of anilines is 1. The van der Waals surface area contributed by atoms with Crippen molar-refractivity contribution in [2.75, 3.05) is 5.32 Å². The second-order valence-electron chi connectivity index (χ2n) is 8.79. The molecular formula is C24H25N3O4S. The standard InChI is InChI=1S/C24H25N3O4S/c28-21(26-12-13-4-3-9-25-11-13)20-16-5-1-2-6-17(16)32-23(20)27-22(29)18-14-7-8-15(10-14)19(18)24(30)31/h3-4,7-9,11,14-15,18-19H,1-2,5-6,10,12H2,(H,26,28)(H,27,29)(H,30,31). The van der Waals surface area contributed by atoms with E-state index >= 15 is 0 Å². The summed E-state index contributed by atoms with van der Waals surface area (Å²) in [6.07, 6.45) is 11.8. The second-order valence-corrected chi connectivity index (χ2v) is 9.89. The van der Waals surface area contributed by atoms with Crippen LogP contribution in [0.2, 0.25) is 0 Å². The second kappa shape index (κ2) is 8.50. The average molecular weight is 452 g/mol. The highest BCUT2D eigenvalue weighted by Crippen LogP contribution is 2.49. The molecule has 8 heteroatoms. The molecule has 2 aromatic heterocycles. The zero-order chi connectivity index (χ0) is 22.2. The highest BCUT2D eigenvalue weighted by molar-refractivity contribution is 7.17. The van der Waals surface area contributed by atoms with Crippen LogP contribution >= 0.6 is 11.3 Å². The molecule has 1 fully saturated rings. The van der Waals surface area contributed by atoms with E-state index in [-0.39, 0.29) is 23.7 Å². The number of pyridine rings is 1. The number of rotatable bonds is 6. The first-order valence-corrected chi connectivity index (χ1v) is 11.9. The van der Waals surface area contributed by atoms with Crippen LogP contribution in [0.25, 0.3) is 0 Å². The summed E-state index contributed by atoms with van der Waals surface area (Å²) in [5.74, 6) is -2.90. The summed E-state index contributed by atoms with van der Waals surface area (Å²) in [5.41, 5.74) is 2.45. The van der Waals surface area contributed by atoms with Crippen molar-refractivity contribution < 1.29 is 19.5 Å². The van der Waals surface area contributed by atoms with Gasteiger partial charge in [0.15, 0.2) is 0 Å². The first-order chi connectivity index (χ1) is 15.5. The van der Waals surface area contributed by atoms with Crippen LogP contribution in [0.1, 0.15) is 45.6 Å². The van der Waals surface area contributed by atoms with Crippen LogP contribution in [0.4, 0.5) is 5.00 Å². The molecule has 0 radical (unpaired) electrons. The zero-order valence-corrected chi connectivity index (χ0v) is 18.4. The Balaban J connectivity index is 1.39. The monoisotopic (exact) mass is 451 g/mol. The van der Waals surface area contributed by atoms with Crippen LogP contribution in [-0.4, -0.2) is 27.9 Å². The fourth-order valence-corrected chi connectivity index (χ4v) is 6.67. The minimum absolute atomic E-state index is 0.0569. The van der Waals surface area contributed by atoms with E-state index in [1.165, 1.54) is 11.3 Å². The predicted octanol–water partition coefficient (Wildman–Crippen LogP) is 3.41. The van der Waals surface area contributed by atoms with Gasteiger partial charge in [-0.05, 0) is 61.1 Å². The summed E-state index contributed by atoms with van der Waals surface area (Å²) in [4.78, 5) is 43.5. The molecule has 5 rings (SSSR count). The third-order valence-electron chi connectivity index (χ3n) is 6.86. The topological polar surface area (TPSA) is 108 Å². The van der Waals surface area contributed by atoms with Gasteiger partial charge in [0.1, 0.15) is 5.00 Å². The summed E-state index contributed by atoms with van der Waals surface area (Å²) < 4.78 is 0. The van der Waals surface area contributed by atoms with Crippen LogP contribution in [0.5, 0.6) is 0 Å². The van der Waals surface area contributed by atoms with Crippen LogP contribution in [0.15, 0.2) is 36.7 Å². The molecule has 7 nitrogen and oxygen atoms in total. The van der Waals surface area contributed by atoms with Crippen molar-refractivity contribution in [2.45, 2.75) is 38.6 Å². The molecule has 3 aliphatic carbocycles. The first kappa shape index (κ1) is 20.9. The number of aromatic nitrogens is 1. The number of fused-ring (bicyclic) bond motifs is 3. The minimum atomic E-state index is -0.929. The Morgan fingerprint density at radius 3 is 2.66 bits per heavy atom. The summed E-state index contributed by atoms with van der Waals surface area (Å²) in [6, 6.07) is 3.72. The number of carbonyl (C=O) groups excluding carboxylic acids is 2. The minimum Gasteiger partial charge on any atom is -0.481 e. The van der Waals surface area contributed by atoms with E-state index in [0.29, 0.717) is 23.5 Å². The number of carboxylic acid groups (broad SMARTS) is 1.